The van der Waals surface area contributed by atoms with Crippen molar-refractivity contribution in [3.05, 3.63) is 11.6 Å². The molecule has 3 heterocycles. The summed E-state index contributed by atoms with van der Waals surface area (Å²) in [6.45, 7) is 5.92. The number of hydrogen-bond donors (Lipinski definition) is 5. The van der Waals surface area contributed by atoms with Crippen molar-refractivity contribution in [2.45, 2.75) is 45.1 Å². The fourth-order valence-corrected chi connectivity index (χ4v) is 5.14. The molecule has 14 nitrogen and oxygen atoms in total. The molecule has 16 heteroatoms. The van der Waals surface area contributed by atoms with Crippen molar-refractivity contribution in [1.29, 1.82) is 0 Å². The molecule has 220 valence electrons. The van der Waals surface area contributed by atoms with Gasteiger partial charge in [0.15, 0.2) is 11.6 Å². The molecular formula is C23H38FN7O7S. The molecule has 0 spiro atoms. The minimum Gasteiger partial charge on any atom is -0.465 e. The number of aryl methyl sites for hydroxylation is 1. The number of carbonyl (C=O) groups excluding carboxylic acids is 1. The van der Waals surface area contributed by atoms with Crippen LogP contribution in [-0.4, -0.2) is 103 Å². The number of carbonyl (C=O) groups is 2. The van der Waals surface area contributed by atoms with Crippen LogP contribution in [-0.2, 0) is 19.6 Å². The lowest BCUT2D eigenvalue weighted by Gasteiger charge is -2.44. The van der Waals surface area contributed by atoms with Crippen LogP contribution in [0.1, 0.15) is 37.9 Å². The molecule has 2 atom stereocenters. The summed E-state index contributed by atoms with van der Waals surface area (Å²) in [5, 5.41) is 11.3. The topological polar surface area (TPSA) is 186 Å². The van der Waals surface area contributed by atoms with E-state index in [1.165, 1.54) is 0 Å². The van der Waals surface area contributed by atoms with Crippen LogP contribution >= 0.6 is 0 Å². The Bertz CT molecular complexity index is 1100. The average Bonchev–Trinajstić information content (AvgIpc) is 3.38. The molecule has 0 bridgehead atoms. The first-order chi connectivity index (χ1) is 18.4. The molecule has 3 aliphatic rings. The summed E-state index contributed by atoms with van der Waals surface area (Å²) >= 11 is 0. The molecule has 5 N–H and O–H groups in total. The van der Waals surface area contributed by atoms with E-state index in [9.17, 15) is 18.0 Å². The lowest BCUT2D eigenvalue weighted by Crippen LogP contribution is -2.58. The fraction of sp³-hybridized carbons (Fsp3) is 0.739. The van der Waals surface area contributed by atoms with Crippen molar-refractivity contribution in [1.82, 2.24) is 25.6 Å². The molecule has 0 aromatic carbocycles. The third kappa shape index (κ3) is 10.0. The van der Waals surface area contributed by atoms with Gasteiger partial charge in [-0.3, -0.25) is 25.1 Å². The molecule has 0 unspecified atom stereocenters. The number of nitrogens with one attached hydrogen (secondary N) is 3. The van der Waals surface area contributed by atoms with E-state index < -0.39 is 33.9 Å². The standard InChI is InChI=1S/C22H34FN7O4.CH4O3S/c1-14-25-19(18(23)20(26-14)30-7-6-29-8-9-34-13-17(29)12-30)27-28-21(31)16(11-24-22(32)33)10-15-4-2-3-5-15;1-5(2,3)4/h15-17,24H,2-13H2,1H3,(H,28,31)(H,32,33)(H,25,26,27);1H3,(H,2,3,4)/t16-,17+;/m1./s1. The van der Waals surface area contributed by atoms with Gasteiger partial charge in [0.1, 0.15) is 5.82 Å². The number of morpholine rings is 1. The monoisotopic (exact) mass is 575 g/mol. The first kappa shape index (κ1) is 30.7. The van der Waals surface area contributed by atoms with Crippen molar-refractivity contribution in [3.8, 4) is 0 Å². The van der Waals surface area contributed by atoms with E-state index in [0.717, 1.165) is 45.4 Å². The van der Waals surface area contributed by atoms with Crippen LogP contribution in [0.25, 0.3) is 0 Å². The van der Waals surface area contributed by atoms with Crippen molar-refractivity contribution in [3.63, 3.8) is 0 Å². The Kier molecular flexibility index (Phi) is 11.0. The number of anilines is 2. The first-order valence-corrected chi connectivity index (χ1v) is 14.8. The number of halogens is 1. The van der Waals surface area contributed by atoms with Gasteiger partial charge in [-0.05, 0) is 19.3 Å². The van der Waals surface area contributed by atoms with E-state index >= 15 is 4.39 Å². The van der Waals surface area contributed by atoms with Gasteiger partial charge in [-0.25, -0.2) is 14.8 Å². The van der Waals surface area contributed by atoms with Crippen molar-refractivity contribution < 1.29 is 36.8 Å². The minimum absolute atomic E-state index is 0.00359. The van der Waals surface area contributed by atoms with Gasteiger partial charge in [0.25, 0.3) is 10.1 Å². The van der Waals surface area contributed by atoms with E-state index in [4.69, 9.17) is 14.4 Å². The minimum atomic E-state index is -3.67. The zero-order chi connectivity index (χ0) is 28.6. The van der Waals surface area contributed by atoms with Gasteiger partial charge in [-0.1, -0.05) is 25.7 Å². The molecule has 1 aromatic heterocycles. The SMILES string of the molecule is CS(=O)(=O)O.Cc1nc(NNC(=O)[C@@H](CNC(=O)O)CC2CCCC2)c(F)c(N2CCN3CCOC[C@@H]3C2)n1. The Balaban J connectivity index is 0.000000771. The third-order valence-corrected chi connectivity index (χ3v) is 6.95. The Morgan fingerprint density at radius 3 is 2.56 bits per heavy atom. The van der Waals surface area contributed by atoms with E-state index in [1.807, 2.05) is 4.90 Å². The number of carboxylic acid groups (broad SMARTS) is 1. The number of hydrazine groups is 1. The molecule has 2 aliphatic heterocycles. The van der Waals surface area contributed by atoms with Crippen LogP contribution in [0.5, 0.6) is 0 Å². The van der Waals surface area contributed by atoms with E-state index in [-0.39, 0.29) is 24.2 Å². The van der Waals surface area contributed by atoms with Gasteiger partial charge in [-0.2, -0.15) is 12.8 Å². The lowest BCUT2D eigenvalue weighted by molar-refractivity contribution is -0.124. The summed E-state index contributed by atoms with van der Waals surface area (Å²) < 4.78 is 46.8. The summed E-state index contributed by atoms with van der Waals surface area (Å²) in [4.78, 5) is 36.5. The second kappa shape index (κ2) is 14.0. The molecule has 2 saturated heterocycles. The van der Waals surface area contributed by atoms with Crippen LogP contribution in [0.15, 0.2) is 0 Å². The highest BCUT2D eigenvalue weighted by atomic mass is 32.2. The number of aromatic nitrogens is 2. The molecule has 39 heavy (non-hydrogen) atoms. The predicted octanol–water partition coefficient (Wildman–Crippen LogP) is 0.856. The second-order valence-corrected chi connectivity index (χ2v) is 11.6. The molecule has 3 fully saturated rings. The van der Waals surface area contributed by atoms with Crippen LogP contribution in [0.4, 0.5) is 20.8 Å². The lowest BCUT2D eigenvalue weighted by atomic mass is 9.92. The Morgan fingerprint density at radius 1 is 1.21 bits per heavy atom. The van der Waals surface area contributed by atoms with Gasteiger partial charge in [0.05, 0.1) is 31.4 Å². The van der Waals surface area contributed by atoms with E-state index in [1.54, 1.807) is 6.92 Å². The maximum atomic E-state index is 15.4. The highest BCUT2D eigenvalue weighted by Gasteiger charge is 2.32. The maximum absolute atomic E-state index is 15.4. The Hall–Kier alpha value is -2.82. The zero-order valence-corrected chi connectivity index (χ0v) is 23.0. The van der Waals surface area contributed by atoms with E-state index in [2.05, 4.69) is 31.0 Å². The summed E-state index contributed by atoms with van der Waals surface area (Å²) in [6, 6.07) is 0.186. The zero-order valence-electron chi connectivity index (χ0n) is 22.2. The van der Waals surface area contributed by atoms with Gasteiger partial charge in [0.2, 0.25) is 11.7 Å². The summed E-state index contributed by atoms with van der Waals surface area (Å²) in [5.41, 5.74) is 5.16. The van der Waals surface area contributed by atoms with Crippen LogP contribution in [0, 0.1) is 24.6 Å². The van der Waals surface area contributed by atoms with Gasteiger partial charge >= 0.3 is 6.09 Å². The predicted molar refractivity (Wildman–Crippen MR) is 140 cm³/mol. The molecule has 0 radical (unpaired) electrons. The number of fused-ring (bicyclic) bond motifs is 1. The van der Waals surface area contributed by atoms with Crippen LogP contribution in [0.2, 0.25) is 0 Å². The first-order valence-electron chi connectivity index (χ1n) is 13.0. The molecule has 1 aromatic rings. The Morgan fingerprint density at radius 2 is 1.90 bits per heavy atom. The summed E-state index contributed by atoms with van der Waals surface area (Å²) in [6.07, 6.45) is 4.44. The largest absolute Gasteiger partial charge is 0.465 e. The number of hydrogen-bond acceptors (Lipinski definition) is 10. The van der Waals surface area contributed by atoms with Gasteiger partial charge in [-0.15, -0.1) is 0 Å². The average molecular weight is 576 g/mol. The van der Waals surface area contributed by atoms with Crippen LogP contribution < -0.4 is 21.1 Å². The summed E-state index contributed by atoms with van der Waals surface area (Å²) in [7, 11) is -3.67. The molecule has 4 rings (SSSR count). The quantitative estimate of drug-likeness (QED) is 0.218. The second-order valence-electron chi connectivity index (χ2n) is 10.1. The van der Waals surface area contributed by atoms with Gasteiger partial charge < -0.3 is 20.1 Å². The van der Waals surface area contributed by atoms with Gasteiger partial charge in [0, 0.05) is 32.7 Å². The maximum Gasteiger partial charge on any atom is 0.404 e. The van der Waals surface area contributed by atoms with Crippen molar-refractivity contribution in [2.75, 3.05) is 62.5 Å². The summed E-state index contributed by atoms with van der Waals surface area (Å²) in [5.74, 6) is -0.730. The molecule has 1 aliphatic carbocycles. The number of amides is 2. The van der Waals surface area contributed by atoms with Crippen molar-refractivity contribution >= 4 is 33.8 Å². The highest BCUT2D eigenvalue weighted by molar-refractivity contribution is 7.85. The number of rotatable bonds is 8. The fourth-order valence-electron chi connectivity index (χ4n) is 5.14. The smallest absolute Gasteiger partial charge is 0.404 e. The van der Waals surface area contributed by atoms with Crippen molar-refractivity contribution in [2.24, 2.45) is 11.8 Å². The Labute approximate surface area is 227 Å². The molecule has 2 amide bonds. The van der Waals surface area contributed by atoms with Crippen LogP contribution in [0.3, 0.4) is 0 Å². The third-order valence-electron chi connectivity index (χ3n) is 6.95. The number of nitrogens with zero attached hydrogens (tertiary/aromatic N) is 4. The molecular weight excluding hydrogens is 537 g/mol. The van der Waals surface area contributed by atoms with E-state index in [0.29, 0.717) is 44.1 Å². The normalized spacial score (nSPS) is 20.8. The highest BCUT2D eigenvalue weighted by Crippen LogP contribution is 2.30. The number of piperazine rings is 1. The molecule has 1 saturated carbocycles. The number of ether oxygens (including phenoxy) is 1.